The van der Waals surface area contributed by atoms with Crippen LogP contribution in [0.2, 0.25) is 0 Å². The van der Waals surface area contributed by atoms with Crippen molar-refractivity contribution in [2.75, 3.05) is 13.1 Å². The summed E-state index contributed by atoms with van der Waals surface area (Å²) in [6.45, 7) is 3.62. The van der Waals surface area contributed by atoms with Crippen LogP contribution in [0.5, 0.6) is 0 Å². The molecule has 116 valence electrons. The minimum Gasteiger partial charge on any atom is -0.338 e. The molecule has 0 saturated heterocycles. The zero-order chi connectivity index (χ0) is 15.8. The molecule has 0 aliphatic carbocycles. The van der Waals surface area contributed by atoms with E-state index in [2.05, 4.69) is 24.3 Å². The van der Waals surface area contributed by atoms with Gasteiger partial charge in [0.1, 0.15) is 0 Å². The highest BCUT2D eigenvalue weighted by Gasteiger charge is 2.19. The summed E-state index contributed by atoms with van der Waals surface area (Å²) in [4.78, 5) is 14.5. The van der Waals surface area contributed by atoms with E-state index in [9.17, 15) is 4.79 Å². The first-order valence-corrected chi connectivity index (χ1v) is 7.77. The van der Waals surface area contributed by atoms with E-state index in [-0.39, 0.29) is 11.8 Å². The Morgan fingerprint density at radius 3 is 2.09 bits per heavy atom. The molecule has 0 aromatic heterocycles. The van der Waals surface area contributed by atoms with E-state index in [1.54, 1.807) is 0 Å². The molecule has 0 bridgehead atoms. The van der Waals surface area contributed by atoms with Crippen molar-refractivity contribution in [1.29, 1.82) is 0 Å². The molecule has 0 aliphatic rings. The van der Waals surface area contributed by atoms with E-state index in [0.29, 0.717) is 19.6 Å². The van der Waals surface area contributed by atoms with Gasteiger partial charge in [0.2, 0.25) is 5.91 Å². The standard InChI is InChI=1S/C19H24N2O/c1-16(14-20)19(22)21(15-18-10-6-3-7-11-18)13-12-17-8-4-2-5-9-17/h2-11,16H,12-15,20H2,1H3. The van der Waals surface area contributed by atoms with Gasteiger partial charge in [0.25, 0.3) is 0 Å². The molecule has 0 spiro atoms. The number of carbonyl (C=O) groups excluding carboxylic acids is 1. The van der Waals surface area contributed by atoms with Crippen LogP contribution in [0.4, 0.5) is 0 Å². The first kappa shape index (κ1) is 16.2. The molecule has 0 fully saturated rings. The average Bonchev–Trinajstić information content (AvgIpc) is 2.59. The maximum atomic E-state index is 12.5. The van der Waals surface area contributed by atoms with Crippen LogP contribution in [0.1, 0.15) is 18.1 Å². The Hall–Kier alpha value is -2.13. The molecule has 22 heavy (non-hydrogen) atoms. The third kappa shape index (κ3) is 4.71. The maximum Gasteiger partial charge on any atom is 0.226 e. The van der Waals surface area contributed by atoms with Crippen molar-refractivity contribution in [3.63, 3.8) is 0 Å². The Balaban J connectivity index is 2.05. The van der Waals surface area contributed by atoms with Crippen LogP contribution in [0.3, 0.4) is 0 Å². The summed E-state index contributed by atoms with van der Waals surface area (Å²) < 4.78 is 0. The molecule has 3 heteroatoms. The fraction of sp³-hybridized carbons (Fsp3) is 0.316. The lowest BCUT2D eigenvalue weighted by Gasteiger charge is -2.25. The Kier molecular flexibility index (Phi) is 6.16. The molecule has 2 aromatic rings. The summed E-state index contributed by atoms with van der Waals surface area (Å²) in [5.41, 5.74) is 8.05. The first-order chi connectivity index (χ1) is 10.7. The molecule has 1 atom stereocenters. The quantitative estimate of drug-likeness (QED) is 0.854. The second-order valence-corrected chi connectivity index (χ2v) is 5.62. The summed E-state index contributed by atoms with van der Waals surface area (Å²) in [6.07, 6.45) is 0.858. The number of hydrogen-bond donors (Lipinski definition) is 1. The fourth-order valence-corrected chi connectivity index (χ4v) is 2.39. The van der Waals surface area contributed by atoms with Crippen LogP contribution in [0, 0.1) is 5.92 Å². The molecule has 0 saturated carbocycles. The topological polar surface area (TPSA) is 46.3 Å². The van der Waals surface area contributed by atoms with Gasteiger partial charge in [-0.25, -0.2) is 0 Å². The zero-order valence-electron chi connectivity index (χ0n) is 13.1. The van der Waals surface area contributed by atoms with E-state index in [4.69, 9.17) is 5.73 Å². The fourth-order valence-electron chi connectivity index (χ4n) is 2.39. The zero-order valence-corrected chi connectivity index (χ0v) is 13.1. The van der Waals surface area contributed by atoms with Gasteiger partial charge in [-0.05, 0) is 17.5 Å². The highest BCUT2D eigenvalue weighted by molar-refractivity contribution is 5.78. The minimum atomic E-state index is -0.139. The molecule has 2 aromatic carbocycles. The van der Waals surface area contributed by atoms with Gasteiger partial charge in [-0.3, -0.25) is 4.79 Å². The van der Waals surface area contributed by atoms with Gasteiger partial charge >= 0.3 is 0 Å². The molecule has 2 rings (SSSR count). The number of benzene rings is 2. The van der Waals surface area contributed by atoms with E-state index in [0.717, 1.165) is 12.0 Å². The maximum absolute atomic E-state index is 12.5. The van der Waals surface area contributed by atoms with Crippen molar-refractivity contribution in [2.45, 2.75) is 19.9 Å². The lowest BCUT2D eigenvalue weighted by Crippen LogP contribution is -2.38. The minimum absolute atomic E-state index is 0.127. The van der Waals surface area contributed by atoms with Crippen molar-refractivity contribution >= 4 is 5.91 Å². The van der Waals surface area contributed by atoms with Crippen LogP contribution in [-0.4, -0.2) is 23.9 Å². The lowest BCUT2D eigenvalue weighted by molar-refractivity contribution is -0.135. The number of nitrogens with zero attached hydrogens (tertiary/aromatic N) is 1. The van der Waals surface area contributed by atoms with Crippen LogP contribution in [0.25, 0.3) is 0 Å². The summed E-state index contributed by atoms with van der Waals surface area (Å²) in [5, 5.41) is 0. The summed E-state index contributed by atoms with van der Waals surface area (Å²) in [5.74, 6) is -0.0123. The smallest absolute Gasteiger partial charge is 0.226 e. The Bertz CT molecular complexity index is 569. The van der Waals surface area contributed by atoms with Crippen molar-refractivity contribution in [3.8, 4) is 0 Å². The van der Waals surface area contributed by atoms with E-state index in [1.165, 1.54) is 5.56 Å². The van der Waals surface area contributed by atoms with E-state index < -0.39 is 0 Å². The van der Waals surface area contributed by atoms with Gasteiger partial charge in [0, 0.05) is 25.6 Å². The van der Waals surface area contributed by atoms with Crippen molar-refractivity contribution in [2.24, 2.45) is 11.7 Å². The SMILES string of the molecule is CC(CN)C(=O)N(CCc1ccccc1)Cc1ccccc1. The van der Waals surface area contributed by atoms with Gasteiger partial charge in [0.05, 0.1) is 0 Å². The predicted octanol–water partition coefficient (Wildman–Crippen LogP) is 2.85. The lowest BCUT2D eigenvalue weighted by atomic mass is 10.1. The van der Waals surface area contributed by atoms with E-state index >= 15 is 0 Å². The Morgan fingerprint density at radius 2 is 1.55 bits per heavy atom. The molecule has 2 N–H and O–H groups in total. The number of amides is 1. The molecule has 0 heterocycles. The molecular weight excluding hydrogens is 272 g/mol. The normalized spacial score (nSPS) is 11.9. The van der Waals surface area contributed by atoms with Crippen molar-refractivity contribution in [3.05, 3.63) is 71.8 Å². The molecule has 3 nitrogen and oxygen atoms in total. The second kappa shape index (κ2) is 8.35. The number of carbonyl (C=O) groups is 1. The van der Waals surface area contributed by atoms with Crippen molar-refractivity contribution < 1.29 is 4.79 Å². The molecule has 0 radical (unpaired) electrons. The van der Waals surface area contributed by atoms with Gasteiger partial charge in [-0.2, -0.15) is 0 Å². The second-order valence-electron chi connectivity index (χ2n) is 5.62. The summed E-state index contributed by atoms with van der Waals surface area (Å²) in [7, 11) is 0. The molecular formula is C19H24N2O. The largest absolute Gasteiger partial charge is 0.338 e. The third-order valence-electron chi connectivity index (χ3n) is 3.82. The summed E-state index contributed by atoms with van der Waals surface area (Å²) >= 11 is 0. The van der Waals surface area contributed by atoms with Crippen LogP contribution in [-0.2, 0) is 17.8 Å². The van der Waals surface area contributed by atoms with Crippen molar-refractivity contribution in [1.82, 2.24) is 4.90 Å². The highest BCUT2D eigenvalue weighted by atomic mass is 16.2. The first-order valence-electron chi connectivity index (χ1n) is 7.77. The summed E-state index contributed by atoms with van der Waals surface area (Å²) in [6, 6.07) is 20.3. The van der Waals surface area contributed by atoms with Crippen LogP contribution < -0.4 is 5.73 Å². The molecule has 1 unspecified atom stereocenters. The van der Waals surface area contributed by atoms with Gasteiger partial charge in [0.15, 0.2) is 0 Å². The monoisotopic (exact) mass is 296 g/mol. The molecule has 0 aliphatic heterocycles. The van der Waals surface area contributed by atoms with Crippen LogP contribution >= 0.6 is 0 Å². The average molecular weight is 296 g/mol. The van der Waals surface area contributed by atoms with E-state index in [1.807, 2.05) is 48.2 Å². The molecule has 1 amide bonds. The highest BCUT2D eigenvalue weighted by Crippen LogP contribution is 2.10. The van der Waals surface area contributed by atoms with Gasteiger partial charge in [-0.1, -0.05) is 67.6 Å². The van der Waals surface area contributed by atoms with Gasteiger partial charge < -0.3 is 10.6 Å². The third-order valence-corrected chi connectivity index (χ3v) is 3.82. The van der Waals surface area contributed by atoms with Gasteiger partial charge in [-0.15, -0.1) is 0 Å². The number of rotatable bonds is 7. The number of nitrogens with two attached hydrogens (primary N) is 1. The number of hydrogen-bond acceptors (Lipinski definition) is 2. The Morgan fingerprint density at radius 1 is 1.00 bits per heavy atom. The van der Waals surface area contributed by atoms with Crippen LogP contribution in [0.15, 0.2) is 60.7 Å². The Labute approximate surface area is 132 Å². The predicted molar refractivity (Wildman–Crippen MR) is 90.2 cm³/mol.